The van der Waals surface area contributed by atoms with Gasteiger partial charge in [-0.3, -0.25) is 4.98 Å². The molecule has 2 aromatic rings. The van der Waals surface area contributed by atoms with E-state index in [0.29, 0.717) is 25.2 Å². The van der Waals surface area contributed by atoms with Crippen LogP contribution in [0.3, 0.4) is 0 Å². The van der Waals surface area contributed by atoms with Crippen LogP contribution >= 0.6 is 0 Å². The Kier molecular flexibility index (Phi) is 3.44. The maximum Gasteiger partial charge on any atom is 0.161 e. The Balaban J connectivity index is 1.95. The molecule has 0 spiro atoms. The number of halogens is 3. The van der Waals surface area contributed by atoms with Crippen molar-refractivity contribution in [1.29, 1.82) is 0 Å². The highest BCUT2D eigenvalue weighted by molar-refractivity contribution is 5.75. The number of hydrogen-bond donors (Lipinski definition) is 1. The lowest BCUT2D eigenvalue weighted by molar-refractivity contribution is 0.0566. The Bertz CT molecular complexity index is 682. The molecule has 1 N–H and O–H groups in total. The molecule has 1 unspecified atom stereocenters. The number of anilines is 1. The van der Waals surface area contributed by atoms with Crippen LogP contribution in [0.4, 0.5) is 19.0 Å². The van der Waals surface area contributed by atoms with Crippen molar-refractivity contribution in [2.24, 2.45) is 0 Å². The normalized spacial score (nSPS) is 22.8. The standard InChI is InChI=1S/C14H14F3N3O/c15-9-4-11-12(5-10(9)16)19-13(6-18-11)20-3-1-2-14(17,7-20)8-21/h4-6,21H,1-3,7-8H2. The molecule has 1 fully saturated rings. The third-order valence-electron chi connectivity index (χ3n) is 3.71. The van der Waals surface area contributed by atoms with Gasteiger partial charge in [0, 0.05) is 18.7 Å². The molecule has 1 aromatic heterocycles. The van der Waals surface area contributed by atoms with Gasteiger partial charge in [0.1, 0.15) is 5.82 Å². The topological polar surface area (TPSA) is 49.2 Å². The van der Waals surface area contributed by atoms with Crippen molar-refractivity contribution in [3.63, 3.8) is 0 Å². The minimum absolute atomic E-state index is 0.00731. The molecule has 1 aliphatic heterocycles. The Hall–Kier alpha value is -1.89. The number of fused-ring (bicyclic) bond motifs is 1. The molecule has 0 amide bonds. The third kappa shape index (κ3) is 2.65. The van der Waals surface area contributed by atoms with Crippen molar-refractivity contribution < 1.29 is 18.3 Å². The van der Waals surface area contributed by atoms with Gasteiger partial charge < -0.3 is 10.0 Å². The van der Waals surface area contributed by atoms with Gasteiger partial charge in [0.2, 0.25) is 0 Å². The summed E-state index contributed by atoms with van der Waals surface area (Å²) >= 11 is 0. The molecule has 1 aromatic carbocycles. The first kappa shape index (κ1) is 14.1. The summed E-state index contributed by atoms with van der Waals surface area (Å²) < 4.78 is 40.6. The smallest absolute Gasteiger partial charge is 0.161 e. The van der Waals surface area contributed by atoms with Crippen molar-refractivity contribution >= 4 is 16.9 Å². The number of aliphatic hydroxyl groups excluding tert-OH is 1. The van der Waals surface area contributed by atoms with Crippen molar-refractivity contribution in [2.45, 2.75) is 18.5 Å². The maximum atomic E-state index is 14.2. The summed E-state index contributed by atoms with van der Waals surface area (Å²) in [5.41, 5.74) is -1.21. The Labute approximate surface area is 119 Å². The first-order chi connectivity index (χ1) is 10.0. The highest BCUT2D eigenvalue weighted by Crippen LogP contribution is 2.28. The molecule has 112 valence electrons. The molecular weight excluding hydrogens is 283 g/mol. The average molecular weight is 297 g/mol. The zero-order valence-corrected chi connectivity index (χ0v) is 11.2. The number of nitrogens with zero attached hydrogens (tertiary/aromatic N) is 3. The van der Waals surface area contributed by atoms with Crippen molar-refractivity contribution in [1.82, 2.24) is 9.97 Å². The van der Waals surface area contributed by atoms with Gasteiger partial charge in [-0.1, -0.05) is 0 Å². The predicted octanol–water partition coefficient (Wildman–Crippen LogP) is 2.21. The van der Waals surface area contributed by atoms with E-state index in [1.54, 1.807) is 4.90 Å². The fourth-order valence-corrected chi connectivity index (χ4v) is 2.56. The van der Waals surface area contributed by atoms with Gasteiger partial charge in [-0.2, -0.15) is 0 Å². The number of piperidine rings is 1. The van der Waals surface area contributed by atoms with Crippen LogP contribution in [0.15, 0.2) is 18.3 Å². The van der Waals surface area contributed by atoms with E-state index in [9.17, 15) is 13.2 Å². The molecular formula is C14H14F3N3O. The molecule has 1 atom stereocenters. The molecule has 2 heterocycles. The van der Waals surface area contributed by atoms with Gasteiger partial charge in [-0.05, 0) is 12.8 Å². The van der Waals surface area contributed by atoms with E-state index in [1.807, 2.05) is 0 Å². The molecule has 3 rings (SSSR count). The van der Waals surface area contributed by atoms with Crippen molar-refractivity contribution in [2.75, 3.05) is 24.6 Å². The molecule has 1 saturated heterocycles. The van der Waals surface area contributed by atoms with E-state index in [0.717, 1.165) is 12.1 Å². The van der Waals surface area contributed by atoms with Gasteiger partial charge >= 0.3 is 0 Å². The van der Waals surface area contributed by atoms with Crippen molar-refractivity contribution in [3.05, 3.63) is 30.0 Å². The van der Waals surface area contributed by atoms with Crippen LogP contribution in [0.2, 0.25) is 0 Å². The molecule has 4 nitrogen and oxygen atoms in total. The van der Waals surface area contributed by atoms with E-state index in [4.69, 9.17) is 5.11 Å². The van der Waals surface area contributed by atoms with Gasteiger partial charge in [-0.25, -0.2) is 18.2 Å². The Morgan fingerprint density at radius 3 is 2.67 bits per heavy atom. The van der Waals surface area contributed by atoms with Crippen LogP contribution in [0.5, 0.6) is 0 Å². The van der Waals surface area contributed by atoms with Crippen molar-refractivity contribution in [3.8, 4) is 0 Å². The van der Waals surface area contributed by atoms with Gasteiger partial charge in [-0.15, -0.1) is 0 Å². The molecule has 0 saturated carbocycles. The molecule has 0 bridgehead atoms. The first-order valence-corrected chi connectivity index (χ1v) is 6.67. The van der Waals surface area contributed by atoms with E-state index >= 15 is 0 Å². The van der Waals surface area contributed by atoms with Crippen LogP contribution in [-0.4, -0.2) is 40.4 Å². The minimum atomic E-state index is -1.66. The van der Waals surface area contributed by atoms with Crippen LogP contribution in [-0.2, 0) is 0 Å². The summed E-state index contributed by atoms with van der Waals surface area (Å²) in [6.45, 7) is 0.0350. The van der Waals surface area contributed by atoms with Gasteiger partial charge in [0.05, 0.1) is 30.4 Å². The van der Waals surface area contributed by atoms with E-state index in [1.165, 1.54) is 6.20 Å². The van der Waals surface area contributed by atoms with E-state index < -0.39 is 23.9 Å². The second-order valence-electron chi connectivity index (χ2n) is 5.32. The molecule has 1 aliphatic rings. The monoisotopic (exact) mass is 297 g/mol. The van der Waals surface area contributed by atoms with Gasteiger partial charge in [0.25, 0.3) is 0 Å². The average Bonchev–Trinajstić information content (AvgIpc) is 2.48. The Morgan fingerprint density at radius 2 is 1.95 bits per heavy atom. The summed E-state index contributed by atoms with van der Waals surface area (Å²) in [4.78, 5) is 9.91. The fourth-order valence-electron chi connectivity index (χ4n) is 2.56. The molecule has 0 aliphatic carbocycles. The number of benzene rings is 1. The van der Waals surface area contributed by atoms with Gasteiger partial charge in [0.15, 0.2) is 17.3 Å². The van der Waals surface area contributed by atoms with Crippen LogP contribution in [0.25, 0.3) is 11.0 Å². The van der Waals surface area contributed by atoms with E-state index in [-0.39, 0.29) is 17.6 Å². The lowest BCUT2D eigenvalue weighted by Crippen LogP contribution is -2.47. The molecule has 21 heavy (non-hydrogen) atoms. The van der Waals surface area contributed by atoms with Crippen LogP contribution in [0.1, 0.15) is 12.8 Å². The fraction of sp³-hybridized carbons (Fsp3) is 0.429. The summed E-state index contributed by atoms with van der Waals surface area (Å²) in [6.07, 6.45) is 2.28. The molecule has 7 heteroatoms. The summed E-state index contributed by atoms with van der Waals surface area (Å²) in [7, 11) is 0. The first-order valence-electron chi connectivity index (χ1n) is 6.67. The SMILES string of the molecule is OCC1(F)CCCN(c2cnc3cc(F)c(F)cc3n2)C1. The molecule has 0 radical (unpaired) electrons. The highest BCUT2D eigenvalue weighted by Gasteiger charge is 2.35. The zero-order chi connectivity index (χ0) is 15.0. The number of rotatable bonds is 2. The number of aliphatic hydroxyl groups is 1. The minimum Gasteiger partial charge on any atom is -0.393 e. The largest absolute Gasteiger partial charge is 0.393 e. The lowest BCUT2D eigenvalue weighted by atomic mass is 9.96. The number of hydrogen-bond acceptors (Lipinski definition) is 4. The highest BCUT2D eigenvalue weighted by atomic mass is 19.2. The third-order valence-corrected chi connectivity index (χ3v) is 3.71. The maximum absolute atomic E-state index is 14.2. The summed E-state index contributed by atoms with van der Waals surface area (Å²) in [5, 5.41) is 9.12. The second kappa shape index (κ2) is 5.14. The predicted molar refractivity (Wildman–Crippen MR) is 71.8 cm³/mol. The van der Waals surface area contributed by atoms with Crippen LogP contribution in [0, 0.1) is 11.6 Å². The number of alkyl halides is 1. The summed E-state index contributed by atoms with van der Waals surface area (Å²) in [6, 6.07) is 1.95. The summed E-state index contributed by atoms with van der Waals surface area (Å²) in [5.74, 6) is -1.59. The second-order valence-corrected chi connectivity index (χ2v) is 5.32. The number of aromatic nitrogens is 2. The van der Waals surface area contributed by atoms with E-state index in [2.05, 4.69) is 9.97 Å². The quantitative estimate of drug-likeness (QED) is 0.923. The Morgan fingerprint density at radius 1 is 1.24 bits per heavy atom. The zero-order valence-electron chi connectivity index (χ0n) is 11.2. The lowest BCUT2D eigenvalue weighted by Gasteiger charge is -2.36. The van der Waals surface area contributed by atoms with Crippen LogP contribution < -0.4 is 4.90 Å².